The average molecular weight is 175 g/mol. The fourth-order valence-electron chi connectivity index (χ4n) is 0.566. The second-order valence-corrected chi connectivity index (χ2v) is 2.92. The van der Waals surface area contributed by atoms with Crippen molar-refractivity contribution in [3.8, 4) is 0 Å². The number of carbonyl (C=O) groups excluding carboxylic acids is 2. The molecule has 1 rings (SSSR count). The molecule has 0 fully saturated rings. The zero-order valence-electron chi connectivity index (χ0n) is 4.83. The lowest BCUT2D eigenvalue weighted by atomic mass is 10.3. The molecule has 0 spiro atoms. The zero-order valence-corrected chi connectivity index (χ0v) is 6.41. The van der Waals surface area contributed by atoms with Crippen LogP contribution in [0.25, 0.3) is 0 Å². The summed E-state index contributed by atoms with van der Waals surface area (Å²) in [4.78, 5) is 20.8. The normalized spacial score (nSPS) is 9.30. The monoisotopic (exact) mass is 174 g/mol. The smallest absolute Gasteiger partial charge is 0.160 e. The summed E-state index contributed by atoms with van der Waals surface area (Å²) in [6, 6.07) is 0. The van der Waals surface area contributed by atoms with E-state index in [9.17, 15) is 9.59 Å². The Bertz CT molecular complexity index is 267. The van der Waals surface area contributed by atoms with Crippen LogP contribution in [0.3, 0.4) is 0 Å². The number of halogens is 1. The first-order chi connectivity index (χ1) is 4.79. The van der Waals surface area contributed by atoms with Crippen LogP contribution in [-0.4, -0.2) is 12.6 Å². The van der Waals surface area contributed by atoms with Crippen LogP contribution in [-0.2, 0) is 0 Å². The highest BCUT2D eigenvalue weighted by Crippen LogP contribution is 2.23. The number of hydrogen-bond acceptors (Lipinski definition) is 3. The van der Waals surface area contributed by atoms with Gasteiger partial charge in [-0.15, -0.1) is 11.3 Å². The van der Waals surface area contributed by atoms with E-state index in [1.165, 1.54) is 11.3 Å². The standard InChI is InChI=1S/C6H3ClO2S/c7-5-3-10-6(2-9)4(5)1-8/h1-3H. The number of carbonyl (C=O) groups is 2. The fourth-order valence-corrected chi connectivity index (χ4v) is 1.60. The Labute approximate surface area is 66.4 Å². The topological polar surface area (TPSA) is 34.1 Å². The van der Waals surface area contributed by atoms with Gasteiger partial charge in [-0.2, -0.15) is 0 Å². The minimum atomic E-state index is 0.293. The molecule has 0 atom stereocenters. The van der Waals surface area contributed by atoms with E-state index in [4.69, 9.17) is 11.6 Å². The van der Waals surface area contributed by atoms with E-state index in [0.29, 0.717) is 28.0 Å². The van der Waals surface area contributed by atoms with Crippen molar-refractivity contribution in [2.75, 3.05) is 0 Å². The van der Waals surface area contributed by atoms with Crippen molar-refractivity contribution in [2.24, 2.45) is 0 Å². The van der Waals surface area contributed by atoms with Crippen LogP contribution < -0.4 is 0 Å². The van der Waals surface area contributed by atoms with Crippen molar-refractivity contribution in [1.82, 2.24) is 0 Å². The third kappa shape index (κ3) is 1.10. The zero-order chi connectivity index (χ0) is 7.56. The Hall–Kier alpha value is -0.670. The molecule has 10 heavy (non-hydrogen) atoms. The van der Waals surface area contributed by atoms with Gasteiger partial charge in [-0.05, 0) is 0 Å². The summed E-state index contributed by atoms with van der Waals surface area (Å²) >= 11 is 6.71. The summed E-state index contributed by atoms with van der Waals surface area (Å²) in [5.41, 5.74) is 0.293. The van der Waals surface area contributed by atoms with Crippen molar-refractivity contribution >= 4 is 35.5 Å². The van der Waals surface area contributed by atoms with Crippen molar-refractivity contribution < 1.29 is 9.59 Å². The molecule has 0 saturated carbocycles. The molecule has 0 saturated heterocycles. The second kappa shape index (κ2) is 2.94. The van der Waals surface area contributed by atoms with Gasteiger partial charge in [-0.3, -0.25) is 9.59 Å². The number of aldehydes is 2. The summed E-state index contributed by atoms with van der Waals surface area (Å²) in [5.74, 6) is 0. The van der Waals surface area contributed by atoms with Gasteiger partial charge in [0.1, 0.15) is 0 Å². The van der Waals surface area contributed by atoms with Crippen LogP contribution >= 0.6 is 22.9 Å². The molecule has 1 aromatic heterocycles. The molecule has 2 nitrogen and oxygen atoms in total. The van der Waals surface area contributed by atoms with Gasteiger partial charge in [0.25, 0.3) is 0 Å². The third-order valence-electron chi connectivity index (χ3n) is 1.04. The number of hydrogen-bond donors (Lipinski definition) is 0. The first kappa shape index (κ1) is 7.44. The van der Waals surface area contributed by atoms with Gasteiger partial charge in [0.15, 0.2) is 12.6 Å². The molecular weight excluding hydrogens is 172 g/mol. The Morgan fingerprint density at radius 1 is 1.40 bits per heavy atom. The second-order valence-electron chi connectivity index (χ2n) is 1.60. The Kier molecular flexibility index (Phi) is 2.19. The van der Waals surface area contributed by atoms with Crippen molar-refractivity contribution in [3.63, 3.8) is 0 Å². The van der Waals surface area contributed by atoms with Crippen molar-refractivity contribution in [3.05, 3.63) is 20.8 Å². The lowest BCUT2D eigenvalue weighted by Crippen LogP contribution is -1.81. The predicted octanol–water partition coefficient (Wildman–Crippen LogP) is 2.03. The van der Waals surface area contributed by atoms with E-state index in [0.717, 1.165) is 0 Å². The molecule has 0 unspecified atom stereocenters. The molecule has 1 aromatic rings. The van der Waals surface area contributed by atoms with Crippen molar-refractivity contribution in [1.29, 1.82) is 0 Å². The van der Waals surface area contributed by atoms with Gasteiger partial charge in [-0.1, -0.05) is 11.6 Å². The van der Waals surface area contributed by atoms with Gasteiger partial charge in [0.2, 0.25) is 0 Å². The summed E-state index contributed by atoms with van der Waals surface area (Å²) in [5, 5.41) is 1.91. The van der Waals surface area contributed by atoms with Gasteiger partial charge >= 0.3 is 0 Å². The molecule has 0 N–H and O–H groups in total. The van der Waals surface area contributed by atoms with Crippen LogP contribution in [0.5, 0.6) is 0 Å². The van der Waals surface area contributed by atoms with E-state index in [1.807, 2.05) is 0 Å². The number of rotatable bonds is 2. The molecular formula is C6H3ClO2S. The van der Waals surface area contributed by atoms with Crippen LogP contribution in [0.4, 0.5) is 0 Å². The highest BCUT2D eigenvalue weighted by molar-refractivity contribution is 7.12. The minimum Gasteiger partial charge on any atom is -0.298 e. The molecule has 0 aliphatic rings. The first-order valence-corrected chi connectivity index (χ1v) is 3.72. The van der Waals surface area contributed by atoms with E-state index in [1.54, 1.807) is 5.38 Å². The molecule has 52 valence electrons. The predicted molar refractivity (Wildman–Crippen MR) is 40.1 cm³/mol. The lowest BCUT2D eigenvalue weighted by Gasteiger charge is -1.82. The van der Waals surface area contributed by atoms with E-state index in [-0.39, 0.29) is 0 Å². The molecule has 0 radical (unpaired) electrons. The molecule has 0 aliphatic heterocycles. The minimum absolute atomic E-state index is 0.293. The van der Waals surface area contributed by atoms with Crippen LogP contribution in [0.2, 0.25) is 5.02 Å². The van der Waals surface area contributed by atoms with Gasteiger partial charge in [0, 0.05) is 5.38 Å². The third-order valence-corrected chi connectivity index (χ3v) is 2.40. The summed E-state index contributed by atoms with van der Waals surface area (Å²) in [6.45, 7) is 0. The highest BCUT2D eigenvalue weighted by atomic mass is 35.5. The summed E-state index contributed by atoms with van der Waals surface area (Å²) in [7, 11) is 0. The quantitative estimate of drug-likeness (QED) is 0.643. The van der Waals surface area contributed by atoms with Gasteiger partial charge in [0.05, 0.1) is 15.5 Å². The molecule has 0 aliphatic carbocycles. The molecule has 1 heterocycles. The maximum Gasteiger partial charge on any atom is 0.160 e. The lowest BCUT2D eigenvalue weighted by molar-refractivity contribution is 0.109. The molecule has 0 amide bonds. The van der Waals surface area contributed by atoms with E-state index < -0.39 is 0 Å². The maximum atomic E-state index is 10.2. The Morgan fingerprint density at radius 3 is 2.50 bits per heavy atom. The Morgan fingerprint density at radius 2 is 2.10 bits per heavy atom. The van der Waals surface area contributed by atoms with Crippen LogP contribution in [0, 0.1) is 0 Å². The Balaban J connectivity index is 3.25. The first-order valence-electron chi connectivity index (χ1n) is 2.47. The average Bonchev–Trinajstić information content (AvgIpc) is 2.30. The molecule has 0 aromatic carbocycles. The molecule has 0 bridgehead atoms. The van der Waals surface area contributed by atoms with Gasteiger partial charge in [-0.25, -0.2) is 0 Å². The van der Waals surface area contributed by atoms with Crippen molar-refractivity contribution in [2.45, 2.75) is 0 Å². The van der Waals surface area contributed by atoms with E-state index in [2.05, 4.69) is 0 Å². The summed E-state index contributed by atoms with van der Waals surface area (Å²) < 4.78 is 0. The van der Waals surface area contributed by atoms with E-state index >= 15 is 0 Å². The number of thiophene rings is 1. The summed E-state index contributed by atoms with van der Waals surface area (Å²) in [6.07, 6.45) is 1.21. The molecule has 4 heteroatoms. The van der Waals surface area contributed by atoms with Crippen LogP contribution in [0.15, 0.2) is 5.38 Å². The van der Waals surface area contributed by atoms with Gasteiger partial charge < -0.3 is 0 Å². The largest absolute Gasteiger partial charge is 0.298 e. The SMILES string of the molecule is O=Cc1scc(Cl)c1C=O. The highest BCUT2D eigenvalue weighted by Gasteiger charge is 2.06. The van der Waals surface area contributed by atoms with Crippen LogP contribution in [0.1, 0.15) is 20.0 Å². The fraction of sp³-hybridized carbons (Fsp3) is 0. The maximum absolute atomic E-state index is 10.2.